The van der Waals surface area contributed by atoms with Gasteiger partial charge in [0, 0.05) is 49.8 Å². The topological polar surface area (TPSA) is 63.3 Å². The van der Waals surface area contributed by atoms with Gasteiger partial charge in [0.05, 0.1) is 5.76 Å². The van der Waals surface area contributed by atoms with E-state index in [2.05, 4.69) is 65.6 Å². The second kappa shape index (κ2) is 8.34. The number of benzene rings is 2. The van der Waals surface area contributed by atoms with E-state index in [0.29, 0.717) is 0 Å². The smallest absolute Gasteiger partial charge is 0.155 e. The molecule has 4 aromatic rings. The van der Waals surface area contributed by atoms with Crippen LogP contribution < -0.4 is 0 Å². The molecule has 6 rings (SSSR count). The number of aromatic nitrogens is 1. The van der Waals surface area contributed by atoms with Crippen LogP contribution in [-0.2, 0) is 30.3 Å². The Morgan fingerprint density at radius 2 is 1.56 bits per heavy atom. The molecule has 2 heterocycles. The number of allylic oxidation sites excluding steroid dienone is 2. The van der Waals surface area contributed by atoms with E-state index in [1.54, 1.807) is 6.26 Å². The number of carbonyl (C=O) groups excluding carboxylic acids is 1. The van der Waals surface area contributed by atoms with Crippen molar-refractivity contribution in [3.63, 3.8) is 0 Å². The quantitative estimate of drug-likeness (QED) is 0.147. The van der Waals surface area contributed by atoms with E-state index in [0.717, 1.165) is 17.0 Å². The third-order valence-corrected chi connectivity index (χ3v) is 5.76. The van der Waals surface area contributed by atoms with Crippen molar-refractivity contribution in [3.05, 3.63) is 113 Å². The summed E-state index contributed by atoms with van der Waals surface area (Å²) in [7, 11) is 0. The molecule has 0 bridgehead atoms. The third kappa shape index (κ3) is 3.09. The summed E-state index contributed by atoms with van der Waals surface area (Å²) in [5, 5.41) is 8.36. The second-order valence-electron chi connectivity index (χ2n) is 7.72. The van der Waals surface area contributed by atoms with Crippen LogP contribution in [0.1, 0.15) is 36.3 Å². The minimum absolute atomic E-state index is 0. The number of fused-ring (bicyclic) bond motifs is 10. The van der Waals surface area contributed by atoms with Gasteiger partial charge in [0.1, 0.15) is 0 Å². The van der Waals surface area contributed by atoms with Gasteiger partial charge in [-0.25, -0.2) is 0 Å². The Kier molecular flexibility index (Phi) is 5.72. The van der Waals surface area contributed by atoms with E-state index < -0.39 is 5.41 Å². The monoisotopic (exact) mass is 599 g/mol. The maximum Gasteiger partial charge on any atom is 0.155 e. The molecule has 0 saturated heterocycles. The number of aliphatic hydroxyl groups is 1. The van der Waals surface area contributed by atoms with E-state index >= 15 is 0 Å². The van der Waals surface area contributed by atoms with Crippen LogP contribution in [0, 0.1) is 6.07 Å². The van der Waals surface area contributed by atoms with Crippen LogP contribution in [0.4, 0.5) is 0 Å². The van der Waals surface area contributed by atoms with Gasteiger partial charge in [-0.3, -0.25) is 4.79 Å². The van der Waals surface area contributed by atoms with Gasteiger partial charge in [0.25, 0.3) is 0 Å². The van der Waals surface area contributed by atoms with E-state index in [1.165, 1.54) is 47.7 Å². The van der Waals surface area contributed by atoms with Gasteiger partial charge in [-0.05, 0) is 47.9 Å². The summed E-state index contributed by atoms with van der Waals surface area (Å²) in [6.07, 6.45) is 4.67. The molecule has 1 radical (unpaired) electrons. The van der Waals surface area contributed by atoms with Crippen LogP contribution >= 0.6 is 0 Å². The number of furan rings is 1. The molecule has 0 atom stereocenters. The van der Waals surface area contributed by atoms with Gasteiger partial charge in [-0.1, -0.05) is 60.2 Å². The van der Waals surface area contributed by atoms with Gasteiger partial charge in [-0.15, -0.1) is 11.6 Å². The molecule has 0 unspecified atom stereocenters. The van der Waals surface area contributed by atoms with Crippen molar-refractivity contribution in [2.24, 2.45) is 0 Å². The number of hydrogen-bond acceptors (Lipinski definition) is 4. The van der Waals surface area contributed by atoms with E-state index in [4.69, 9.17) is 9.52 Å². The molecule has 0 aliphatic heterocycles. The van der Waals surface area contributed by atoms with Crippen molar-refractivity contribution in [2.45, 2.75) is 19.3 Å². The molecule has 2 aromatic heterocycles. The van der Waals surface area contributed by atoms with Gasteiger partial charge in [0.2, 0.25) is 0 Å². The van der Waals surface area contributed by atoms with E-state index in [9.17, 15) is 4.79 Å². The Morgan fingerprint density at radius 1 is 0.969 bits per heavy atom. The van der Waals surface area contributed by atoms with Crippen LogP contribution in [0.15, 0.2) is 89.4 Å². The van der Waals surface area contributed by atoms with Crippen molar-refractivity contribution >= 4 is 5.78 Å². The normalized spacial score (nSPS) is 13.8. The Bertz CT molecular complexity index is 1300. The average molecular weight is 599 g/mol. The zero-order valence-electron chi connectivity index (χ0n) is 17.5. The molecular weight excluding hydrogens is 579 g/mol. The summed E-state index contributed by atoms with van der Waals surface area (Å²) >= 11 is 0. The molecule has 2 aliphatic rings. The summed E-state index contributed by atoms with van der Waals surface area (Å²) in [4.78, 5) is 14.7. The molecule has 2 aromatic carbocycles. The van der Waals surface area contributed by atoms with Crippen molar-refractivity contribution < 1.29 is 34.4 Å². The first-order valence-electron chi connectivity index (χ1n) is 10.1. The van der Waals surface area contributed by atoms with Crippen LogP contribution in [0.2, 0.25) is 0 Å². The predicted octanol–water partition coefficient (Wildman–Crippen LogP) is 5.85. The van der Waals surface area contributed by atoms with Crippen molar-refractivity contribution in [1.82, 2.24) is 4.98 Å². The molecule has 4 nitrogen and oxygen atoms in total. The fourth-order valence-electron chi connectivity index (χ4n) is 4.82. The van der Waals surface area contributed by atoms with Crippen molar-refractivity contribution in [1.29, 1.82) is 0 Å². The summed E-state index contributed by atoms with van der Waals surface area (Å²) < 4.78 is 6.01. The molecule has 1 N–H and O–H groups in total. The zero-order chi connectivity index (χ0) is 21.6. The Balaban J connectivity index is 0.000000271. The van der Waals surface area contributed by atoms with E-state index in [1.807, 2.05) is 12.3 Å². The number of hydrogen-bond donors (Lipinski definition) is 1. The largest absolute Gasteiger partial charge is 0.538 e. The Labute approximate surface area is 200 Å². The zero-order valence-corrected chi connectivity index (χ0v) is 19.9. The van der Waals surface area contributed by atoms with Gasteiger partial charge in [-0.2, -0.15) is 0 Å². The van der Waals surface area contributed by atoms with Crippen molar-refractivity contribution in [3.8, 4) is 22.4 Å². The molecule has 161 valence electrons. The van der Waals surface area contributed by atoms with Gasteiger partial charge < -0.3 is 14.5 Å². The number of aliphatic hydroxyl groups excluding tert-OH is 1. The average Bonchev–Trinajstić information content (AvgIpc) is 3.42. The first-order valence-corrected chi connectivity index (χ1v) is 10.1. The minimum Gasteiger partial charge on any atom is -0.538 e. The summed E-state index contributed by atoms with van der Waals surface area (Å²) in [6, 6.07) is 24.7. The second-order valence-corrected chi connectivity index (χ2v) is 7.72. The molecule has 32 heavy (non-hydrogen) atoms. The van der Waals surface area contributed by atoms with Crippen LogP contribution in [-0.4, -0.2) is 15.9 Å². The molecule has 0 saturated carbocycles. The number of ketones is 1. The fraction of sp³-hybridized carbons (Fsp3) is 0.111. The predicted molar refractivity (Wildman–Crippen MR) is 119 cm³/mol. The summed E-state index contributed by atoms with van der Waals surface area (Å²) in [5.74, 6) is 0.876. The maximum absolute atomic E-state index is 10.0. The fourth-order valence-corrected chi connectivity index (χ4v) is 4.82. The molecular formula is C27H20IrNO3-. The summed E-state index contributed by atoms with van der Waals surface area (Å²) in [5.41, 5.74) is 7.81. The first-order chi connectivity index (χ1) is 15.0. The minimum atomic E-state index is -0.411. The molecule has 0 fully saturated rings. The maximum atomic E-state index is 10.0. The number of carbonyl (C=O) groups is 1. The summed E-state index contributed by atoms with van der Waals surface area (Å²) in [6.45, 7) is 2.85. The standard InChI is InChI=1S/C22H12NO.C5H8O2.Ir/c1-3-8-17-14(6-1)15-7-2-4-9-18(15)22(17)19-10-5-12-23-20(19)16-11-13-24-21(16)22;1-4(6)3-5(2)7;/h1-10,12-13H;3,6H,1-2H3;/q-1;;/b;4-3-;. The third-order valence-electron chi connectivity index (χ3n) is 5.76. The van der Waals surface area contributed by atoms with Gasteiger partial charge in [0.15, 0.2) is 5.78 Å². The van der Waals surface area contributed by atoms with Gasteiger partial charge >= 0.3 is 0 Å². The Morgan fingerprint density at radius 3 is 2.12 bits per heavy atom. The molecule has 5 heteroatoms. The molecule has 0 amide bonds. The van der Waals surface area contributed by atoms with E-state index in [-0.39, 0.29) is 31.6 Å². The van der Waals surface area contributed by atoms with Crippen LogP contribution in [0.25, 0.3) is 22.4 Å². The number of pyridine rings is 1. The number of rotatable bonds is 1. The number of nitrogens with zero attached hydrogens (tertiary/aromatic N) is 1. The molecule has 1 spiro atoms. The SMILES string of the molecule is CC(=O)/C=C(/C)O.[Ir].[c-]1coc2c1-c1ncccc1C21c2ccccc2-c2ccccc21. The van der Waals surface area contributed by atoms with Crippen molar-refractivity contribution in [2.75, 3.05) is 0 Å². The molecule has 2 aliphatic carbocycles. The first kappa shape index (κ1) is 21.9. The van der Waals surface area contributed by atoms with Crippen LogP contribution in [0.5, 0.6) is 0 Å². The Hall–Kier alpha value is -3.27. The van der Waals surface area contributed by atoms with Crippen LogP contribution in [0.3, 0.4) is 0 Å².